The predicted octanol–water partition coefficient (Wildman–Crippen LogP) is 3.24. The number of para-hydroxylation sites is 1. The molecule has 0 radical (unpaired) electrons. The zero-order valence-corrected chi connectivity index (χ0v) is 12.8. The van der Waals surface area contributed by atoms with Crippen molar-refractivity contribution in [2.24, 2.45) is 0 Å². The lowest BCUT2D eigenvalue weighted by atomic mass is 10.1. The highest BCUT2D eigenvalue weighted by Crippen LogP contribution is 2.26. The maximum atomic E-state index is 6.27. The van der Waals surface area contributed by atoms with E-state index in [0.717, 1.165) is 49.1 Å². The zero-order valence-electron chi connectivity index (χ0n) is 12.0. The third-order valence-electron chi connectivity index (χ3n) is 3.95. The molecule has 0 saturated carbocycles. The van der Waals surface area contributed by atoms with Crippen LogP contribution in [0.25, 0.3) is 0 Å². The van der Waals surface area contributed by atoms with Crippen LogP contribution in [0.5, 0.6) is 0 Å². The van der Waals surface area contributed by atoms with Crippen molar-refractivity contribution in [1.29, 1.82) is 0 Å². The standard InChI is InChI=1S/C17H20ClN3/c18-16-3-1-2-4-17(16)21-11-9-20(10-12-21)13-14-5-7-15(19)8-6-14/h1-8H,9-13,19H2. The number of halogens is 1. The summed E-state index contributed by atoms with van der Waals surface area (Å²) in [5, 5.41) is 0.837. The number of nitrogens with two attached hydrogens (primary N) is 1. The third-order valence-corrected chi connectivity index (χ3v) is 4.27. The highest BCUT2D eigenvalue weighted by atomic mass is 35.5. The van der Waals surface area contributed by atoms with Gasteiger partial charge in [-0.1, -0.05) is 35.9 Å². The first-order valence-corrected chi connectivity index (χ1v) is 7.66. The lowest BCUT2D eigenvalue weighted by Gasteiger charge is -2.36. The quantitative estimate of drug-likeness (QED) is 0.883. The van der Waals surface area contributed by atoms with E-state index in [4.69, 9.17) is 17.3 Å². The maximum absolute atomic E-state index is 6.27. The number of hydrogen-bond donors (Lipinski definition) is 1. The van der Waals surface area contributed by atoms with Gasteiger partial charge in [0.15, 0.2) is 0 Å². The Morgan fingerprint density at radius 3 is 2.24 bits per heavy atom. The fraction of sp³-hybridized carbons (Fsp3) is 0.294. The van der Waals surface area contributed by atoms with Gasteiger partial charge in [0.25, 0.3) is 0 Å². The summed E-state index contributed by atoms with van der Waals surface area (Å²) in [6.45, 7) is 5.11. The first-order valence-electron chi connectivity index (χ1n) is 7.28. The van der Waals surface area contributed by atoms with Crippen LogP contribution in [0, 0.1) is 0 Å². The molecule has 0 unspecified atom stereocenters. The van der Waals surface area contributed by atoms with Crippen LogP contribution >= 0.6 is 11.6 Å². The Labute approximate surface area is 130 Å². The molecule has 0 aromatic heterocycles. The molecule has 3 rings (SSSR count). The fourth-order valence-electron chi connectivity index (χ4n) is 2.74. The summed E-state index contributed by atoms with van der Waals surface area (Å²) < 4.78 is 0. The molecule has 1 saturated heterocycles. The molecule has 3 nitrogen and oxygen atoms in total. The predicted molar refractivity (Wildman–Crippen MR) is 89.8 cm³/mol. The van der Waals surface area contributed by atoms with E-state index in [1.165, 1.54) is 5.56 Å². The minimum absolute atomic E-state index is 0.822. The van der Waals surface area contributed by atoms with Crippen molar-refractivity contribution < 1.29 is 0 Å². The van der Waals surface area contributed by atoms with Gasteiger partial charge in [-0.3, -0.25) is 4.90 Å². The Morgan fingerprint density at radius 1 is 0.905 bits per heavy atom. The van der Waals surface area contributed by atoms with Gasteiger partial charge < -0.3 is 10.6 Å². The Kier molecular flexibility index (Phi) is 4.32. The topological polar surface area (TPSA) is 32.5 Å². The summed E-state index contributed by atoms with van der Waals surface area (Å²) in [7, 11) is 0. The molecule has 0 bridgehead atoms. The first kappa shape index (κ1) is 14.2. The molecule has 110 valence electrons. The van der Waals surface area contributed by atoms with Gasteiger partial charge in [-0.15, -0.1) is 0 Å². The molecule has 1 fully saturated rings. The van der Waals surface area contributed by atoms with E-state index in [1.54, 1.807) is 0 Å². The Hall–Kier alpha value is -1.71. The number of rotatable bonds is 3. The van der Waals surface area contributed by atoms with Crippen LogP contribution in [-0.2, 0) is 6.54 Å². The van der Waals surface area contributed by atoms with Gasteiger partial charge >= 0.3 is 0 Å². The molecule has 2 aromatic rings. The minimum atomic E-state index is 0.822. The van der Waals surface area contributed by atoms with Crippen molar-refractivity contribution in [2.45, 2.75) is 6.54 Å². The molecule has 0 amide bonds. The normalized spacial score (nSPS) is 16.1. The van der Waals surface area contributed by atoms with Gasteiger partial charge in [-0.25, -0.2) is 0 Å². The number of nitrogen functional groups attached to an aromatic ring is 1. The molecular weight excluding hydrogens is 282 g/mol. The average Bonchev–Trinajstić information content (AvgIpc) is 2.51. The highest BCUT2D eigenvalue weighted by Gasteiger charge is 2.18. The third kappa shape index (κ3) is 3.49. The van der Waals surface area contributed by atoms with Crippen molar-refractivity contribution in [3.63, 3.8) is 0 Å². The Bertz CT molecular complexity index is 589. The van der Waals surface area contributed by atoms with Gasteiger partial charge in [0.05, 0.1) is 10.7 Å². The molecule has 0 spiro atoms. The summed E-state index contributed by atoms with van der Waals surface area (Å²) in [5.41, 5.74) is 9.01. The zero-order chi connectivity index (χ0) is 14.7. The van der Waals surface area contributed by atoms with Gasteiger partial charge in [0.1, 0.15) is 0 Å². The van der Waals surface area contributed by atoms with E-state index in [9.17, 15) is 0 Å². The SMILES string of the molecule is Nc1ccc(CN2CCN(c3ccccc3Cl)CC2)cc1. The van der Waals surface area contributed by atoms with Gasteiger partial charge in [-0.05, 0) is 29.8 Å². The molecule has 2 N–H and O–H groups in total. The van der Waals surface area contributed by atoms with Gasteiger partial charge in [0, 0.05) is 38.4 Å². The minimum Gasteiger partial charge on any atom is -0.399 e. The van der Waals surface area contributed by atoms with Crippen LogP contribution < -0.4 is 10.6 Å². The van der Waals surface area contributed by atoms with Crippen molar-refractivity contribution >= 4 is 23.0 Å². The first-order chi connectivity index (χ1) is 10.2. The number of hydrogen-bond acceptors (Lipinski definition) is 3. The van der Waals surface area contributed by atoms with Crippen molar-refractivity contribution in [3.05, 3.63) is 59.1 Å². The lowest BCUT2D eigenvalue weighted by Crippen LogP contribution is -2.46. The van der Waals surface area contributed by atoms with E-state index in [0.29, 0.717) is 0 Å². The van der Waals surface area contributed by atoms with Crippen LogP contribution in [0.1, 0.15) is 5.56 Å². The van der Waals surface area contributed by atoms with Gasteiger partial charge in [-0.2, -0.15) is 0 Å². The summed E-state index contributed by atoms with van der Waals surface area (Å²) in [6, 6.07) is 16.2. The number of benzene rings is 2. The van der Waals surface area contributed by atoms with Crippen molar-refractivity contribution in [1.82, 2.24) is 4.90 Å². The van der Waals surface area contributed by atoms with E-state index >= 15 is 0 Å². The second-order valence-corrected chi connectivity index (χ2v) is 5.86. The summed E-state index contributed by atoms with van der Waals surface area (Å²) in [6.07, 6.45) is 0. The smallest absolute Gasteiger partial charge is 0.0639 e. The van der Waals surface area contributed by atoms with Crippen LogP contribution in [0.2, 0.25) is 5.02 Å². The van der Waals surface area contributed by atoms with E-state index in [2.05, 4.69) is 28.0 Å². The molecule has 4 heteroatoms. The second kappa shape index (κ2) is 6.37. The Balaban J connectivity index is 1.58. The van der Waals surface area contributed by atoms with E-state index < -0.39 is 0 Å². The molecule has 2 aromatic carbocycles. The van der Waals surface area contributed by atoms with Crippen LogP contribution in [-0.4, -0.2) is 31.1 Å². The molecular formula is C17H20ClN3. The number of nitrogens with zero attached hydrogens (tertiary/aromatic N) is 2. The number of anilines is 2. The fourth-order valence-corrected chi connectivity index (χ4v) is 2.99. The summed E-state index contributed by atoms with van der Waals surface area (Å²) in [4.78, 5) is 4.83. The Morgan fingerprint density at radius 2 is 1.57 bits per heavy atom. The van der Waals surface area contributed by atoms with Crippen molar-refractivity contribution in [2.75, 3.05) is 36.8 Å². The van der Waals surface area contributed by atoms with Crippen LogP contribution in [0.4, 0.5) is 11.4 Å². The maximum Gasteiger partial charge on any atom is 0.0639 e. The van der Waals surface area contributed by atoms with Crippen LogP contribution in [0.15, 0.2) is 48.5 Å². The molecule has 21 heavy (non-hydrogen) atoms. The van der Waals surface area contributed by atoms with E-state index in [-0.39, 0.29) is 0 Å². The molecule has 1 aliphatic heterocycles. The molecule has 0 atom stereocenters. The van der Waals surface area contributed by atoms with Crippen molar-refractivity contribution in [3.8, 4) is 0 Å². The lowest BCUT2D eigenvalue weighted by molar-refractivity contribution is 0.250. The van der Waals surface area contributed by atoms with Crippen LogP contribution in [0.3, 0.4) is 0 Å². The average molecular weight is 302 g/mol. The summed E-state index contributed by atoms with van der Waals surface area (Å²) in [5.74, 6) is 0. The summed E-state index contributed by atoms with van der Waals surface area (Å²) >= 11 is 6.27. The molecule has 1 aliphatic rings. The largest absolute Gasteiger partial charge is 0.399 e. The monoisotopic (exact) mass is 301 g/mol. The molecule has 0 aliphatic carbocycles. The second-order valence-electron chi connectivity index (χ2n) is 5.46. The number of piperazine rings is 1. The highest BCUT2D eigenvalue weighted by molar-refractivity contribution is 6.33. The van der Waals surface area contributed by atoms with Gasteiger partial charge in [0.2, 0.25) is 0 Å². The van der Waals surface area contributed by atoms with E-state index in [1.807, 2.05) is 30.3 Å². The molecule has 1 heterocycles.